The lowest BCUT2D eigenvalue weighted by Crippen LogP contribution is -2.11. The fraction of sp³-hybridized carbons (Fsp3) is 0.381. The van der Waals surface area contributed by atoms with Crippen molar-refractivity contribution in [2.45, 2.75) is 45.6 Å². The molecule has 1 saturated carbocycles. The standard InChI is InChI=1S/C21H25NO3/c1-14-12-16(8-10-19(14)22-15(2)23)17-9-11-20(24-3)21(13-17)25-18-6-4-5-7-18/h8-13,18H,4-7H2,1-3H3,(H,22,23). The Morgan fingerprint density at radius 2 is 1.72 bits per heavy atom. The van der Waals surface area contributed by atoms with Crippen LogP contribution in [0.5, 0.6) is 11.5 Å². The van der Waals surface area contributed by atoms with Crippen LogP contribution in [0, 0.1) is 6.92 Å². The number of methoxy groups -OCH3 is 1. The van der Waals surface area contributed by atoms with E-state index in [0.717, 1.165) is 46.7 Å². The Kier molecular flexibility index (Phi) is 5.27. The Balaban J connectivity index is 1.88. The van der Waals surface area contributed by atoms with E-state index in [0.29, 0.717) is 0 Å². The average molecular weight is 339 g/mol. The van der Waals surface area contributed by atoms with Crippen LogP contribution in [0.3, 0.4) is 0 Å². The van der Waals surface area contributed by atoms with Crippen molar-refractivity contribution in [1.29, 1.82) is 0 Å². The van der Waals surface area contributed by atoms with Crippen molar-refractivity contribution >= 4 is 11.6 Å². The Labute approximate surface area is 149 Å². The minimum atomic E-state index is -0.0625. The van der Waals surface area contributed by atoms with Gasteiger partial charge in [0.15, 0.2) is 11.5 Å². The van der Waals surface area contributed by atoms with Crippen LogP contribution in [0.15, 0.2) is 36.4 Å². The summed E-state index contributed by atoms with van der Waals surface area (Å²) in [7, 11) is 1.67. The first-order chi connectivity index (χ1) is 12.1. The number of hydrogen-bond donors (Lipinski definition) is 1. The van der Waals surface area contributed by atoms with E-state index < -0.39 is 0 Å². The second kappa shape index (κ2) is 7.60. The number of amides is 1. The van der Waals surface area contributed by atoms with Crippen molar-refractivity contribution in [2.75, 3.05) is 12.4 Å². The highest BCUT2D eigenvalue weighted by Gasteiger charge is 2.19. The molecule has 0 spiro atoms. The van der Waals surface area contributed by atoms with Crippen molar-refractivity contribution in [1.82, 2.24) is 0 Å². The van der Waals surface area contributed by atoms with Gasteiger partial charge in [-0.05, 0) is 73.6 Å². The largest absolute Gasteiger partial charge is 0.493 e. The van der Waals surface area contributed by atoms with Gasteiger partial charge in [-0.15, -0.1) is 0 Å². The number of carbonyl (C=O) groups excluding carboxylic acids is 1. The zero-order valence-corrected chi connectivity index (χ0v) is 15.1. The maximum atomic E-state index is 11.3. The molecule has 2 aromatic carbocycles. The summed E-state index contributed by atoms with van der Waals surface area (Å²) in [6, 6.07) is 12.1. The molecular formula is C21H25NO3. The van der Waals surface area contributed by atoms with Gasteiger partial charge in [-0.1, -0.05) is 12.1 Å². The molecular weight excluding hydrogens is 314 g/mol. The van der Waals surface area contributed by atoms with Crippen LogP contribution in [-0.2, 0) is 4.79 Å². The molecule has 4 heteroatoms. The highest BCUT2D eigenvalue weighted by Crippen LogP contribution is 2.36. The fourth-order valence-corrected chi connectivity index (χ4v) is 3.31. The number of carbonyl (C=O) groups is 1. The highest BCUT2D eigenvalue weighted by atomic mass is 16.5. The lowest BCUT2D eigenvalue weighted by molar-refractivity contribution is -0.114. The van der Waals surface area contributed by atoms with E-state index in [1.54, 1.807) is 7.11 Å². The quantitative estimate of drug-likeness (QED) is 0.838. The third kappa shape index (κ3) is 4.13. The van der Waals surface area contributed by atoms with Gasteiger partial charge in [0.1, 0.15) is 0 Å². The summed E-state index contributed by atoms with van der Waals surface area (Å²) in [5.74, 6) is 1.50. The average Bonchev–Trinajstić information content (AvgIpc) is 3.09. The van der Waals surface area contributed by atoms with E-state index in [4.69, 9.17) is 9.47 Å². The van der Waals surface area contributed by atoms with Gasteiger partial charge in [-0.3, -0.25) is 4.79 Å². The first-order valence-corrected chi connectivity index (χ1v) is 8.80. The van der Waals surface area contributed by atoms with Crippen LogP contribution in [0.25, 0.3) is 11.1 Å². The van der Waals surface area contributed by atoms with E-state index in [1.807, 2.05) is 37.3 Å². The van der Waals surface area contributed by atoms with Crippen LogP contribution in [0.4, 0.5) is 5.69 Å². The molecule has 1 aliphatic carbocycles. The van der Waals surface area contributed by atoms with E-state index >= 15 is 0 Å². The number of benzene rings is 2. The monoisotopic (exact) mass is 339 g/mol. The molecule has 4 nitrogen and oxygen atoms in total. The van der Waals surface area contributed by atoms with Crippen LogP contribution < -0.4 is 14.8 Å². The molecule has 1 aliphatic rings. The molecule has 2 aromatic rings. The summed E-state index contributed by atoms with van der Waals surface area (Å²) in [6.07, 6.45) is 4.97. The molecule has 1 fully saturated rings. The molecule has 25 heavy (non-hydrogen) atoms. The number of nitrogens with one attached hydrogen (secondary N) is 1. The number of aryl methyl sites for hydroxylation is 1. The van der Waals surface area contributed by atoms with Gasteiger partial charge >= 0.3 is 0 Å². The lowest BCUT2D eigenvalue weighted by atomic mass is 10.0. The van der Waals surface area contributed by atoms with E-state index in [2.05, 4.69) is 11.4 Å². The Morgan fingerprint density at radius 3 is 2.36 bits per heavy atom. The van der Waals surface area contributed by atoms with E-state index in [9.17, 15) is 4.79 Å². The summed E-state index contributed by atoms with van der Waals surface area (Å²) in [4.78, 5) is 11.3. The molecule has 0 atom stereocenters. The Morgan fingerprint density at radius 1 is 1.04 bits per heavy atom. The molecule has 1 amide bonds. The smallest absolute Gasteiger partial charge is 0.221 e. The molecule has 0 radical (unpaired) electrons. The molecule has 0 saturated heterocycles. The van der Waals surface area contributed by atoms with Crippen molar-refractivity contribution in [3.8, 4) is 22.6 Å². The second-order valence-electron chi connectivity index (χ2n) is 6.60. The summed E-state index contributed by atoms with van der Waals surface area (Å²) >= 11 is 0. The first kappa shape index (κ1) is 17.3. The topological polar surface area (TPSA) is 47.6 Å². The number of anilines is 1. The molecule has 0 unspecified atom stereocenters. The Bertz CT molecular complexity index is 764. The molecule has 132 valence electrons. The zero-order valence-electron chi connectivity index (χ0n) is 15.1. The molecule has 0 aromatic heterocycles. The van der Waals surface area contributed by atoms with Gasteiger partial charge < -0.3 is 14.8 Å². The minimum Gasteiger partial charge on any atom is -0.493 e. The second-order valence-corrected chi connectivity index (χ2v) is 6.60. The predicted molar refractivity (Wildman–Crippen MR) is 100 cm³/mol. The van der Waals surface area contributed by atoms with Gasteiger partial charge in [-0.2, -0.15) is 0 Å². The number of rotatable bonds is 5. The SMILES string of the molecule is COc1ccc(-c2ccc(NC(C)=O)c(C)c2)cc1OC1CCCC1. The fourth-order valence-electron chi connectivity index (χ4n) is 3.31. The van der Waals surface area contributed by atoms with Crippen LogP contribution in [0.2, 0.25) is 0 Å². The molecule has 1 N–H and O–H groups in total. The number of hydrogen-bond acceptors (Lipinski definition) is 3. The van der Waals surface area contributed by atoms with E-state index in [-0.39, 0.29) is 12.0 Å². The third-order valence-electron chi connectivity index (χ3n) is 4.63. The molecule has 3 rings (SSSR count). The lowest BCUT2D eigenvalue weighted by Gasteiger charge is -2.17. The van der Waals surface area contributed by atoms with Gasteiger partial charge in [-0.25, -0.2) is 0 Å². The van der Waals surface area contributed by atoms with Gasteiger partial charge in [0.05, 0.1) is 13.2 Å². The van der Waals surface area contributed by atoms with Crippen molar-refractivity contribution < 1.29 is 14.3 Å². The Hall–Kier alpha value is -2.49. The maximum Gasteiger partial charge on any atom is 0.221 e. The van der Waals surface area contributed by atoms with Gasteiger partial charge in [0.2, 0.25) is 5.91 Å². The highest BCUT2D eigenvalue weighted by molar-refractivity contribution is 5.90. The molecule has 0 aliphatic heterocycles. The summed E-state index contributed by atoms with van der Waals surface area (Å²) in [5.41, 5.74) is 4.03. The van der Waals surface area contributed by atoms with Crippen LogP contribution in [-0.4, -0.2) is 19.1 Å². The molecule has 0 bridgehead atoms. The van der Waals surface area contributed by atoms with Gasteiger partial charge in [0.25, 0.3) is 0 Å². The minimum absolute atomic E-state index is 0.0625. The summed E-state index contributed by atoms with van der Waals surface area (Å²) in [6.45, 7) is 3.51. The van der Waals surface area contributed by atoms with Gasteiger partial charge in [0, 0.05) is 12.6 Å². The molecule has 0 heterocycles. The normalized spacial score (nSPS) is 14.4. The van der Waals surface area contributed by atoms with Crippen molar-refractivity contribution in [2.24, 2.45) is 0 Å². The summed E-state index contributed by atoms with van der Waals surface area (Å²) in [5, 5.41) is 2.85. The van der Waals surface area contributed by atoms with E-state index in [1.165, 1.54) is 19.8 Å². The summed E-state index contributed by atoms with van der Waals surface area (Å²) < 4.78 is 11.6. The third-order valence-corrected chi connectivity index (χ3v) is 4.63. The number of ether oxygens (including phenoxy) is 2. The van der Waals surface area contributed by atoms with Crippen LogP contribution in [0.1, 0.15) is 38.2 Å². The van der Waals surface area contributed by atoms with Crippen molar-refractivity contribution in [3.05, 3.63) is 42.0 Å². The van der Waals surface area contributed by atoms with Crippen molar-refractivity contribution in [3.63, 3.8) is 0 Å². The first-order valence-electron chi connectivity index (χ1n) is 8.80. The van der Waals surface area contributed by atoms with Crippen LogP contribution >= 0.6 is 0 Å². The predicted octanol–water partition coefficient (Wildman–Crippen LogP) is 4.95. The zero-order chi connectivity index (χ0) is 17.8. The maximum absolute atomic E-state index is 11.3.